The van der Waals surface area contributed by atoms with Gasteiger partial charge in [-0.15, -0.1) is 0 Å². The van der Waals surface area contributed by atoms with Gasteiger partial charge in [0.25, 0.3) is 0 Å². The monoisotopic (exact) mass is 404 g/mol. The van der Waals surface area contributed by atoms with Crippen LogP contribution in [0.1, 0.15) is 37.3 Å². The maximum Gasteiger partial charge on any atom is 0.226 e. The van der Waals surface area contributed by atoms with E-state index in [1.165, 1.54) is 22.3 Å². The van der Waals surface area contributed by atoms with Gasteiger partial charge in [-0.2, -0.15) is 0 Å². The Labute approximate surface area is 179 Å². The number of nitrogens with one attached hydrogen (secondary N) is 1. The molecule has 1 heterocycles. The van der Waals surface area contributed by atoms with Crippen molar-refractivity contribution < 1.29 is 9.59 Å². The first-order valence-electron chi connectivity index (χ1n) is 11.1. The molecular formula is C26H32N2O2. The quantitative estimate of drug-likeness (QED) is 0.811. The van der Waals surface area contributed by atoms with Gasteiger partial charge < -0.3 is 10.2 Å². The summed E-state index contributed by atoms with van der Waals surface area (Å²) in [7, 11) is 1.72. The molecule has 2 fully saturated rings. The normalized spacial score (nSPS) is 22.4. The molecule has 0 unspecified atom stereocenters. The number of hydrogen-bond donors (Lipinski definition) is 1. The third-order valence-electron chi connectivity index (χ3n) is 7.15. The van der Waals surface area contributed by atoms with Crippen LogP contribution >= 0.6 is 0 Å². The summed E-state index contributed by atoms with van der Waals surface area (Å²) in [4.78, 5) is 27.7. The SMILES string of the molecule is CNC(=O)C1(Cc2ccccc2-c2ccccc2C)CCN(C(=O)[C@H]2C[C@@H]2C)CC1. The fourth-order valence-electron chi connectivity index (χ4n) is 4.98. The van der Waals surface area contributed by atoms with Crippen molar-refractivity contribution in [3.05, 3.63) is 59.7 Å². The Kier molecular flexibility index (Phi) is 5.68. The Bertz CT molecular complexity index is 944. The van der Waals surface area contributed by atoms with Crippen LogP contribution in [0.4, 0.5) is 0 Å². The molecule has 0 radical (unpaired) electrons. The van der Waals surface area contributed by atoms with Crippen LogP contribution in [0.25, 0.3) is 11.1 Å². The molecule has 1 saturated carbocycles. The number of nitrogens with zero attached hydrogens (tertiary/aromatic N) is 1. The number of hydrogen-bond acceptors (Lipinski definition) is 2. The highest BCUT2D eigenvalue weighted by Gasteiger charge is 2.46. The number of carbonyl (C=O) groups excluding carboxylic acids is 2. The summed E-state index contributed by atoms with van der Waals surface area (Å²) >= 11 is 0. The summed E-state index contributed by atoms with van der Waals surface area (Å²) in [6, 6.07) is 16.8. The molecule has 2 aliphatic rings. The Balaban J connectivity index is 1.59. The van der Waals surface area contributed by atoms with Crippen molar-refractivity contribution in [3.8, 4) is 11.1 Å². The van der Waals surface area contributed by atoms with E-state index < -0.39 is 5.41 Å². The Morgan fingerprint density at radius 1 is 1.03 bits per heavy atom. The fraction of sp³-hybridized carbons (Fsp3) is 0.462. The zero-order chi connectivity index (χ0) is 21.3. The van der Waals surface area contributed by atoms with Crippen LogP contribution in [0.15, 0.2) is 48.5 Å². The van der Waals surface area contributed by atoms with Crippen molar-refractivity contribution in [2.45, 2.75) is 39.5 Å². The Morgan fingerprint density at radius 2 is 1.63 bits per heavy atom. The van der Waals surface area contributed by atoms with E-state index in [1.54, 1.807) is 7.05 Å². The second kappa shape index (κ2) is 8.25. The first-order chi connectivity index (χ1) is 14.4. The van der Waals surface area contributed by atoms with E-state index in [2.05, 4.69) is 67.7 Å². The summed E-state index contributed by atoms with van der Waals surface area (Å²) in [6.45, 7) is 5.61. The summed E-state index contributed by atoms with van der Waals surface area (Å²) in [6.07, 6.45) is 3.13. The summed E-state index contributed by atoms with van der Waals surface area (Å²) in [5, 5.41) is 2.91. The number of benzene rings is 2. The number of amides is 2. The minimum Gasteiger partial charge on any atom is -0.359 e. The van der Waals surface area contributed by atoms with Crippen molar-refractivity contribution >= 4 is 11.8 Å². The van der Waals surface area contributed by atoms with Gasteiger partial charge in [0.1, 0.15) is 0 Å². The predicted octanol–water partition coefficient (Wildman–Crippen LogP) is 4.22. The number of rotatable bonds is 5. The summed E-state index contributed by atoms with van der Waals surface area (Å²) < 4.78 is 0. The van der Waals surface area contributed by atoms with Gasteiger partial charge in [0, 0.05) is 26.1 Å². The van der Waals surface area contributed by atoms with Gasteiger partial charge in [-0.25, -0.2) is 0 Å². The lowest BCUT2D eigenvalue weighted by molar-refractivity contribution is -0.141. The van der Waals surface area contributed by atoms with Gasteiger partial charge in [-0.1, -0.05) is 55.5 Å². The molecule has 2 amide bonds. The van der Waals surface area contributed by atoms with Gasteiger partial charge in [0.2, 0.25) is 11.8 Å². The average Bonchev–Trinajstić information content (AvgIpc) is 3.50. The van der Waals surface area contributed by atoms with E-state index in [9.17, 15) is 9.59 Å². The van der Waals surface area contributed by atoms with E-state index in [0.717, 1.165) is 6.42 Å². The second-order valence-corrected chi connectivity index (χ2v) is 9.15. The molecule has 4 heteroatoms. The first-order valence-corrected chi connectivity index (χ1v) is 11.1. The molecule has 1 saturated heterocycles. The molecule has 4 nitrogen and oxygen atoms in total. The summed E-state index contributed by atoms with van der Waals surface area (Å²) in [5.41, 5.74) is 4.38. The second-order valence-electron chi connectivity index (χ2n) is 9.15. The van der Waals surface area contributed by atoms with Gasteiger partial charge in [-0.05, 0) is 60.8 Å². The smallest absolute Gasteiger partial charge is 0.226 e. The minimum atomic E-state index is -0.473. The van der Waals surface area contributed by atoms with Gasteiger partial charge >= 0.3 is 0 Å². The molecule has 0 aromatic heterocycles. The average molecular weight is 405 g/mol. The van der Waals surface area contributed by atoms with Crippen LogP contribution in [0, 0.1) is 24.2 Å². The largest absolute Gasteiger partial charge is 0.359 e. The first kappa shape index (κ1) is 20.6. The molecule has 2 aromatic carbocycles. The van der Waals surface area contributed by atoms with E-state index in [-0.39, 0.29) is 17.7 Å². The van der Waals surface area contributed by atoms with E-state index in [4.69, 9.17) is 0 Å². The van der Waals surface area contributed by atoms with Crippen LogP contribution in [0.2, 0.25) is 0 Å². The van der Waals surface area contributed by atoms with Crippen molar-refractivity contribution in [3.63, 3.8) is 0 Å². The number of carbonyl (C=O) groups is 2. The maximum absolute atomic E-state index is 13.1. The molecule has 2 aromatic rings. The van der Waals surface area contributed by atoms with Crippen molar-refractivity contribution in [2.24, 2.45) is 17.3 Å². The lowest BCUT2D eigenvalue weighted by Crippen LogP contribution is -2.51. The lowest BCUT2D eigenvalue weighted by Gasteiger charge is -2.41. The van der Waals surface area contributed by atoms with Crippen molar-refractivity contribution in [1.29, 1.82) is 0 Å². The van der Waals surface area contributed by atoms with E-state index >= 15 is 0 Å². The standard InChI is InChI=1S/C26H32N2O2/c1-18-8-4-6-10-21(18)22-11-7-5-9-20(22)17-26(25(30)27-3)12-14-28(15-13-26)24(29)23-16-19(23)2/h4-11,19,23H,12-17H2,1-3H3,(H,27,30)/t19-,23-/m0/s1. The zero-order valence-corrected chi connectivity index (χ0v) is 18.3. The topological polar surface area (TPSA) is 49.4 Å². The highest BCUT2D eigenvalue weighted by atomic mass is 16.2. The highest BCUT2D eigenvalue weighted by molar-refractivity contribution is 5.85. The third-order valence-corrected chi connectivity index (χ3v) is 7.15. The highest BCUT2D eigenvalue weighted by Crippen LogP contribution is 2.42. The van der Waals surface area contributed by atoms with Crippen LogP contribution in [0.5, 0.6) is 0 Å². The fourth-order valence-corrected chi connectivity index (χ4v) is 4.98. The zero-order valence-electron chi connectivity index (χ0n) is 18.3. The van der Waals surface area contributed by atoms with Crippen LogP contribution in [-0.4, -0.2) is 36.9 Å². The number of aryl methyl sites for hydroxylation is 1. The van der Waals surface area contributed by atoms with Crippen molar-refractivity contribution in [1.82, 2.24) is 10.2 Å². The molecular weight excluding hydrogens is 372 g/mol. The van der Waals surface area contributed by atoms with Gasteiger partial charge in [0.05, 0.1) is 5.41 Å². The Morgan fingerprint density at radius 3 is 2.23 bits per heavy atom. The molecule has 158 valence electrons. The Hall–Kier alpha value is -2.62. The number of piperidine rings is 1. The van der Waals surface area contributed by atoms with E-state index in [0.29, 0.717) is 38.3 Å². The molecule has 1 aliphatic carbocycles. The molecule has 1 N–H and O–H groups in total. The molecule has 0 bridgehead atoms. The van der Waals surface area contributed by atoms with E-state index in [1.807, 2.05) is 4.90 Å². The molecule has 2 atom stereocenters. The lowest BCUT2D eigenvalue weighted by atomic mass is 9.71. The van der Waals surface area contributed by atoms with Crippen LogP contribution < -0.4 is 5.32 Å². The van der Waals surface area contributed by atoms with Crippen molar-refractivity contribution in [2.75, 3.05) is 20.1 Å². The summed E-state index contributed by atoms with van der Waals surface area (Å²) in [5.74, 6) is 1.10. The third kappa shape index (κ3) is 3.88. The number of likely N-dealkylation sites (tertiary alicyclic amines) is 1. The molecule has 30 heavy (non-hydrogen) atoms. The van der Waals surface area contributed by atoms with Crippen LogP contribution in [0.3, 0.4) is 0 Å². The molecule has 1 aliphatic heterocycles. The minimum absolute atomic E-state index is 0.0916. The molecule has 0 spiro atoms. The molecule has 4 rings (SSSR count). The maximum atomic E-state index is 13.1. The predicted molar refractivity (Wildman–Crippen MR) is 120 cm³/mol. The van der Waals surface area contributed by atoms with Gasteiger partial charge in [-0.3, -0.25) is 9.59 Å². The van der Waals surface area contributed by atoms with Crippen LogP contribution in [-0.2, 0) is 16.0 Å². The van der Waals surface area contributed by atoms with Gasteiger partial charge in [0.15, 0.2) is 0 Å².